The number of oxime groups is 1. The Bertz CT molecular complexity index is 647. The Morgan fingerprint density at radius 3 is 2.52 bits per heavy atom. The molecular weight excluding hydrogens is 262 g/mol. The third-order valence-electron chi connectivity index (χ3n) is 4.01. The van der Waals surface area contributed by atoms with Gasteiger partial charge in [0.05, 0.1) is 12.8 Å². The molecule has 21 heavy (non-hydrogen) atoms. The first kappa shape index (κ1) is 13.7. The summed E-state index contributed by atoms with van der Waals surface area (Å²) >= 11 is 0. The number of methoxy groups -OCH3 is 1. The molecular formula is C18H19NO2. The summed E-state index contributed by atoms with van der Waals surface area (Å²) in [4.78, 5) is 5.03. The van der Waals surface area contributed by atoms with Gasteiger partial charge < -0.3 is 9.57 Å². The molecule has 3 nitrogen and oxygen atoms in total. The summed E-state index contributed by atoms with van der Waals surface area (Å²) in [7, 11) is 3.30. The standard InChI is InChI=1S/C18H19NO2/c1-20-15-9-7-13(8-10-15)11-17-16-6-4-3-5-14(16)12-18(17)19-21-2/h3-10,17H,11-12H2,1-2H3/b19-18+. The van der Waals surface area contributed by atoms with Crippen molar-refractivity contribution in [3.8, 4) is 5.75 Å². The molecule has 0 N–H and O–H groups in total. The fourth-order valence-electron chi connectivity index (χ4n) is 2.97. The third kappa shape index (κ3) is 2.77. The van der Waals surface area contributed by atoms with Crippen molar-refractivity contribution in [2.24, 2.45) is 5.16 Å². The topological polar surface area (TPSA) is 30.8 Å². The molecule has 1 atom stereocenters. The zero-order chi connectivity index (χ0) is 14.7. The average molecular weight is 281 g/mol. The molecule has 0 aliphatic heterocycles. The van der Waals surface area contributed by atoms with Gasteiger partial charge in [-0.1, -0.05) is 41.6 Å². The van der Waals surface area contributed by atoms with Gasteiger partial charge in [-0.05, 0) is 35.2 Å². The number of nitrogens with zero attached hydrogens (tertiary/aromatic N) is 1. The molecule has 0 amide bonds. The zero-order valence-corrected chi connectivity index (χ0v) is 12.4. The molecule has 0 saturated heterocycles. The smallest absolute Gasteiger partial charge is 0.118 e. The van der Waals surface area contributed by atoms with E-state index >= 15 is 0 Å². The van der Waals surface area contributed by atoms with Gasteiger partial charge in [0.1, 0.15) is 12.9 Å². The predicted octanol–water partition coefficient (Wildman–Crippen LogP) is 3.58. The monoisotopic (exact) mass is 281 g/mol. The van der Waals surface area contributed by atoms with Crippen LogP contribution in [0, 0.1) is 0 Å². The van der Waals surface area contributed by atoms with E-state index in [0.29, 0.717) is 5.92 Å². The Morgan fingerprint density at radius 1 is 1.05 bits per heavy atom. The van der Waals surface area contributed by atoms with Gasteiger partial charge in [-0.15, -0.1) is 0 Å². The lowest BCUT2D eigenvalue weighted by molar-refractivity contribution is 0.211. The molecule has 0 heterocycles. The lowest BCUT2D eigenvalue weighted by Crippen LogP contribution is -2.10. The van der Waals surface area contributed by atoms with E-state index in [9.17, 15) is 0 Å². The van der Waals surface area contributed by atoms with Crippen molar-refractivity contribution in [1.29, 1.82) is 0 Å². The fourth-order valence-corrected chi connectivity index (χ4v) is 2.97. The minimum Gasteiger partial charge on any atom is -0.497 e. The summed E-state index contributed by atoms with van der Waals surface area (Å²) in [5.74, 6) is 1.19. The summed E-state index contributed by atoms with van der Waals surface area (Å²) in [5, 5.41) is 4.24. The van der Waals surface area contributed by atoms with E-state index in [-0.39, 0.29) is 0 Å². The lowest BCUT2D eigenvalue weighted by Gasteiger charge is -2.13. The van der Waals surface area contributed by atoms with E-state index in [1.54, 1.807) is 14.2 Å². The van der Waals surface area contributed by atoms with Crippen LogP contribution in [0.5, 0.6) is 5.75 Å². The Kier molecular flexibility index (Phi) is 3.91. The summed E-state index contributed by atoms with van der Waals surface area (Å²) in [6.45, 7) is 0. The van der Waals surface area contributed by atoms with E-state index in [1.165, 1.54) is 16.7 Å². The van der Waals surface area contributed by atoms with Gasteiger partial charge in [0, 0.05) is 12.3 Å². The van der Waals surface area contributed by atoms with E-state index in [4.69, 9.17) is 9.57 Å². The SMILES string of the molecule is CO/N=C1\Cc2ccccc2C1Cc1ccc(OC)cc1. The van der Waals surface area contributed by atoms with Crippen LogP contribution in [0.2, 0.25) is 0 Å². The summed E-state index contributed by atoms with van der Waals surface area (Å²) in [5.41, 5.74) is 5.10. The molecule has 2 aromatic carbocycles. The van der Waals surface area contributed by atoms with Gasteiger partial charge in [-0.25, -0.2) is 0 Å². The minimum absolute atomic E-state index is 0.301. The largest absolute Gasteiger partial charge is 0.497 e. The normalized spacial score (nSPS) is 18.6. The third-order valence-corrected chi connectivity index (χ3v) is 4.01. The minimum atomic E-state index is 0.301. The zero-order valence-electron chi connectivity index (χ0n) is 12.4. The van der Waals surface area contributed by atoms with Crippen molar-refractivity contribution in [3.05, 3.63) is 65.2 Å². The molecule has 3 heteroatoms. The molecule has 2 aromatic rings. The van der Waals surface area contributed by atoms with E-state index in [1.807, 2.05) is 12.1 Å². The number of hydrogen-bond acceptors (Lipinski definition) is 3. The van der Waals surface area contributed by atoms with Gasteiger partial charge >= 0.3 is 0 Å². The first-order chi connectivity index (χ1) is 10.3. The van der Waals surface area contributed by atoms with Crippen LogP contribution in [-0.4, -0.2) is 19.9 Å². The van der Waals surface area contributed by atoms with Crippen molar-refractivity contribution >= 4 is 5.71 Å². The molecule has 0 spiro atoms. The van der Waals surface area contributed by atoms with Crippen molar-refractivity contribution in [2.45, 2.75) is 18.8 Å². The quantitative estimate of drug-likeness (QED) is 0.802. The lowest BCUT2D eigenvalue weighted by atomic mass is 9.92. The molecule has 3 rings (SSSR count). The molecule has 1 aliphatic rings. The molecule has 1 aliphatic carbocycles. The Morgan fingerprint density at radius 2 is 1.81 bits per heavy atom. The van der Waals surface area contributed by atoms with Gasteiger partial charge in [-0.2, -0.15) is 0 Å². The molecule has 108 valence electrons. The van der Waals surface area contributed by atoms with Crippen LogP contribution in [-0.2, 0) is 17.7 Å². The van der Waals surface area contributed by atoms with Crippen molar-refractivity contribution in [2.75, 3.05) is 14.2 Å². The van der Waals surface area contributed by atoms with Crippen LogP contribution in [0.4, 0.5) is 0 Å². The molecule has 0 bridgehead atoms. The van der Waals surface area contributed by atoms with E-state index < -0.39 is 0 Å². The highest BCUT2D eigenvalue weighted by Crippen LogP contribution is 2.34. The second-order valence-corrected chi connectivity index (χ2v) is 5.25. The van der Waals surface area contributed by atoms with Crippen molar-refractivity contribution in [3.63, 3.8) is 0 Å². The van der Waals surface area contributed by atoms with Gasteiger partial charge in [-0.3, -0.25) is 0 Å². The predicted molar refractivity (Wildman–Crippen MR) is 84.0 cm³/mol. The molecule has 0 fully saturated rings. The highest BCUT2D eigenvalue weighted by Gasteiger charge is 2.29. The molecule has 0 aromatic heterocycles. The second kappa shape index (κ2) is 6.00. The van der Waals surface area contributed by atoms with Crippen LogP contribution in [0.1, 0.15) is 22.6 Å². The fraction of sp³-hybridized carbons (Fsp3) is 0.278. The number of rotatable bonds is 4. The van der Waals surface area contributed by atoms with Gasteiger partial charge in [0.15, 0.2) is 0 Å². The summed E-state index contributed by atoms with van der Waals surface area (Å²) < 4.78 is 5.21. The maximum absolute atomic E-state index is 5.21. The second-order valence-electron chi connectivity index (χ2n) is 5.25. The van der Waals surface area contributed by atoms with E-state index in [0.717, 1.165) is 24.3 Å². The van der Waals surface area contributed by atoms with Gasteiger partial charge in [0.2, 0.25) is 0 Å². The molecule has 0 saturated carbocycles. The van der Waals surface area contributed by atoms with Crippen LogP contribution >= 0.6 is 0 Å². The molecule has 1 unspecified atom stereocenters. The van der Waals surface area contributed by atoms with Crippen LogP contribution < -0.4 is 4.74 Å². The Labute approximate surface area is 125 Å². The highest BCUT2D eigenvalue weighted by atomic mass is 16.6. The van der Waals surface area contributed by atoms with Crippen LogP contribution in [0.25, 0.3) is 0 Å². The average Bonchev–Trinajstić information content (AvgIpc) is 2.86. The number of benzene rings is 2. The summed E-state index contributed by atoms with van der Waals surface area (Å²) in [6.07, 6.45) is 1.81. The first-order valence-corrected chi connectivity index (χ1v) is 7.12. The first-order valence-electron chi connectivity index (χ1n) is 7.12. The van der Waals surface area contributed by atoms with Crippen molar-refractivity contribution in [1.82, 2.24) is 0 Å². The maximum atomic E-state index is 5.21. The number of ether oxygens (including phenoxy) is 1. The van der Waals surface area contributed by atoms with E-state index in [2.05, 4.69) is 41.6 Å². The molecule has 0 radical (unpaired) electrons. The van der Waals surface area contributed by atoms with Crippen LogP contribution in [0.3, 0.4) is 0 Å². The Balaban J connectivity index is 1.88. The maximum Gasteiger partial charge on any atom is 0.118 e. The van der Waals surface area contributed by atoms with Crippen molar-refractivity contribution < 1.29 is 9.57 Å². The number of fused-ring (bicyclic) bond motifs is 1. The summed E-state index contributed by atoms with van der Waals surface area (Å²) in [6, 6.07) is 16.8. The van der Waals surface area contributed by atoms with Gasteiger partial charge in [0.25, 0.3) is 0 Å². The number of hydrogen-bond donors (Lipinski definition) is 0. The highest BCUT2D eigenvalue weighted by molar-refractivity contribution is 5.96. The Hall–Kier alpha value is -2.29. The van der Waals surface area contributed by atoms with Crippen LogP contribution in [0.15, 0.2) is 53.7 Å².